The molecule has 78 valence electrons. The molecule has 0 aromatic carbocycles. The zero-order valence-electron chi connectivity index (χ0n) is 8.38. The minimum absolute atomic E-state index is 0.465. The van der Waals surface area contributed by atoms with Crippen molar-refractivity contribution in [3.63, 3.8) is 0 Å². The first kappa shape index (κ1) is 9.91. The van der Waals surface area contributed by atoms with Crippen molar-refractivity contribution in [1.82, 2.24) is 24.7 Å². The quantitative estimate of drug-likeness (QED) is 0.751. The van der Waals surface area contributed by atoms with Gasteiger partial charge in [0.25, 0.3) is 0 Å². The van der Waals surface area contributed by atoms with Crippen molar-refractivity contribution in [2.75, 3.05) is 5.73 Å². The Morgan fingerprint density at radius 1 is 1.40 bits per heavy atom. The van der Waals surface area contributed by atoms with Crippen LogP contribution in [-0.4, -0.2) is 24.7 Å². The average molecular weight is 222 g/mol. The van der Waals surface area contributed by atoms with Gasteiger partial charge < -0.3 is 5.73 Å². The van der Waals surface area contributed by atoms with Gasteiger partial charge in [-0.2, -0.15) is 5.10 Å². The summed E-state index contributed by atoms with van der Waals surface area (Å²) in [7, 11) is 1.83. The Labute approximate surface area is 90.9 Å². The van der Waals surface area contributed by atoms with Crippen LogP contribution in [0.5, 0.6) is 0 Å². The van der Waals surface area contributed by atoms with Gasteiger partial charge in [-0.05, 0) is 18.7 Å². The lowest BCUT2D eigenvalue weighted by Gasteiger charge is -2.01. The standard InChI is InChI=1S/C8H10N6S/c1-5-12-6(9)3-7(13-5)15-8-10-4-11-14(8)2/h3-4H,1-2H3,(H2,9,12,13). The van der Waals surface area contributed by atoms with Crippen molar-refractivity contribution in [3.8, 4) is 0 Å². The summed E-state index contributed by atoms with van der Waals surface area (Å²) in [5.74, 6) is 1.12. The fourth-order valence-electron chi connectivity index (χ4n) is 1.09. The zero-order chi connectivity index (χ0) is 10.8. The third-order valence-electron chi connectivity index (χ3n) is 1.70. The maximum atomic E-state index is 5.62. The average Bonchev–Trinajstić information content (AvgIpc) is 2.50. The molecule has 0 unspecified atom stereocenters. The molecule has 0 radical (unpaired) electrons. The highest BCUT2D eigenvalue weighted by atomic mass is 32.2. The fraction of sp³-hybridized carbons (Fsp3) is 0.250. The van der Waals surface area contributed by atoms with Gasteiger partial charge in [-0.3, -0.25) is 0 Å². The second-order valence-corrected chi connectivity index (χ2v) is 3.93. The Morgan fingerprint density at radius 2 is 2.20 bits per heavy atom. The van der Waals surface area contributed by atoms with Crippen LogP contribution in [0.3, 0.4) is 0 Å². The predicted octanol–water partition coefficient (Wildman–Crippen LogP) is 0.647. The van der Waals surface area contributed by atoms with Gasteiger partial charge in [0.1, 0.15) is 23.0 Å². The van der Waals surface area contributed by atoms with Gasteiger partial charge in [0.05, 0.1) is 0 Å². The molecule has 2 rings (SSSR count). The molecule has 2 aromatic rings. The fourth-order valence-corrected chi connectivity index (χ4v) is 1.91. The monoisotopic (exact) mass is 222 g/mol. The highest BCUT2D eigenvalue weighted by Crippen LogP contribution is 2.23. The Hall–Kier alpha value is -1.63. The largest absolute Gasteiger partial charge is 0.384 e. The number of nitrogen functional groups attached to an aromatic ring is 1. The molecule has 0 aliphatic heterocycles. The maximum Gasteiger partial charge on any atom is 0.192 e. The van der Waals surface area contributed by atoms with Crippen molar-refractivity contribution in [1.29, 1.82) is 0 Å². The minimum atomic E-state index is 0.465. The van der Waals surface area contributed by atoms with E-state index in [-0.39, 0.29) is 0 Å². The van der Waals surface area contributed by atoms with Crippen molar-refractivity contribution < 1.29 is 0 Å². The second-order valence-electron chi connectivity index (χ2n) is 2.95. The van der Waals surface area contributed by atoms with E-state index in [2.05, 4.69) is 20.1 Å². The molecule has 0 atom stereocenters. The number of hydrogen-bond acceptors (Lipinski definition) is 6. The molecular formula is C8H10N6S. The third kappa shape index (κ3) is 2.24. The molecule has 0 amide bonds. The van der Waals surface area contributed by atoms with E-state index >= 15 is 0 Å². The van der Waals surface area contributed by atoms with Crippen LogP contribution >= 0.6 is 11.8 Å². The highest BCUT2D eigenvalue weighted by Gasteiger charge is 2.06. The Balaban J connectivity index is 2.28. The van der Waals surface area contributed by atoms with Crippen molar-refractivity contribution in [2.24, 2.45) is 7.05 Å². The molecule has 0 aliphatic rings. The predicted molar refractivity (Wildman–Crippen MR) is 56.3 cm³/mol. The lowest BCUT2D eigenvalue weighted by atomic mass is 10.5. The molecular weight excluding hydrogens is 212 g/mol. The molecule has 0 saturated heterocycles. The van der Waals surface area contributed by atoms with E-state index in [4.69, 9.17) is 5.73 Å². The molecule has 0 bridgehead atoms. The number of aryl methyl sites for hydroxylation is 2. The van der Waals surface area contributed by atoms with E-state index in [9.17, 15) is 0 Å². The van der Waals surface area contributed by atoms with Crippen LogP contribution in [0.1, 0.15) is 5.82 Å². The number of nitrogens with two attached hydrogens (primary N) is 1. The smallest absolute Gasteiger partial charge is 0.192 e. The SMILES string of the molecule is Cc1nc(N)cc(Sc2ncnn2C)n1. The van der Waals surface area contributed by atoms with Gasteiger partial charge >= 0.3 is 0 Å². The van der Waals surface area contributed by atoms with E-state index in [0.717, 1.165) is 10.2 Å². The molecule has 0 fully saturated rings. The van der Waals surface area contributed by atoms with Gasteiger partial charge in [0, 0.05) is 13.1 Å². The third-order valence-corrected chi connectivity index (χ3v) is 2.67. The molecule has 15 heavy (non-hydrogen) atoms. The molecule has 2 N–H and O–H groups in total. The molecule has 0 aliphatic carbocycles. The zero-order valence-corrected chi connectivity index (χ0v) is 9.19. The van der Waals surface area contributed by atoms with Crippen LogP contribution in [-0.2, 0) is 7.05 Å². The Morgan fingerprint density at radius 3 is 2.80 bits per heavy atom. The summed E-state index contributed by atoms with van der Waals surface area (Å²) < 4.78 is 1.68. The van der Waals surface area contributed by atoms with Gasteiger partial charge in [0.2, 0.25) is 0 Å². The van der Waals surface area contributed by atoms with E-state index in [1.807, 2.05) is 7.05 Å². The summed E-state index contributed by atoms with van der Waals surface area (Å²) in [4.78, 5) is 12.3. The Bertz CT molecular complexity index is 459. The van der Waals surface area contributed by atoms with Crippen LogP contribution in [0.15, 0.2) is 22.6 Å². The summed E-state index contributed by atoms with van der Waals surface area (Å²) in [6.45, 7) is 1.80. The van der Waals surface area contributed by atoms with E-state index in [1.165, 1.54) is 18.1 Å². The lowest BCUT2D eigenvalue weighted by Crippen LogP contribution is -1.98. The molecule has 0 saturated carbocycles. The molecule has 2 heterocycles. The van der Waals surface area contributed by atoms with E-state index in [1.54, 1.807) is 17.7 Å². The van der Waals surface area contributed by atoms with Gasteiger partial charge in [-0.25, -0.2) is 19.6 Å². The number of aromatic nitrogens is 5. The van der Waals surface area contributed by atoms with Crippen molar-refractivity contribution in [3.05, 3.63) is 18.2 Å². The lowest BCUT2D eigenvalue weighted by molar-refractivity contribution is 0.684. The maximum absolute atomic E-state index is 5.62. The van der Waals surface area contributed by atoms with E-state index in [0.29, 0.717) is 11.6 Å². The second kappa shape index (κ2) is 3.85. The Kier molecular flexibility index (Phi) is 2.55. The first-order valence-electron chi connectivity index (χ1n) is 4.28. The topological polar surface area (TPSA) is 82.5 Å². The van der Waals surface area contributed by atoms with Gasteiger partial charge in [-0.15, -0.1) is 0 Å². The van der Waals surface area contributed by atoms with Crippen LogP contribution < -0.4 is 5.73 Å². The summed E-state index contributed by atoms with van der Waals surface area (Å²) >= 11 is 1.41. The van der Waals surface area contributed by atoms with Crippen LogP contribution in [0.2, 0.25) is 0 Å². The summed E-state index contributed by atoms with van der Waals surface area (Å²) in [6, 6.07) is 1.71. The number of hydrogen-bond donors (Lipinski definition) is 1. The van der Waals surface area contributed by atoms with Crippen LogP contribution in [0.25, 0.3) is 0 Å². The van der Waals surface area contributed by atoms with Crippen LogP contribution in [0.4, 0.5) is 5.82 Å². The first-order valence-corrected chi connectivity index (χ1v) is 5.10. The summed E-state index contributed by atoms with van der Waals surface area (Å²) in [5, 5.41) is 5.51. The normalized spacial score (nSPS) is 10.5. The highest BCUT2D eigenvalue weighted by molar-refractivity contribution is 7.99. The van der Waals surface area contributed by atoms with Crippen molar-refractivity contribution in [2.45, 2.75) is 17.1 Å². The summed E-state index contributed by atoms with van der Waals surface area (Å²) in [5.41, 5.74) is 5.62. The van der Waals surface area contributed by atoms with Gasteiger partial charge in [-0.1, -0.05) is 0 Å². The van der Waals surface area contributed by atoms with E-state index < -0.39 is 0 Å². The van der Waals surface area contributed by atoms with Gasteiger partial charge in [0.15, 0.2) is 5.16 Å². The molecule has 2 aromatic heterocycles. The first-order chi connectivity index (χ1) is 7.15. The number of anilines is 1. The molecule has 7 heteroatoms. The van der Waals surface area contributed by atoms with Crippen molar-refractivity contribution >= 4 is 17.6 Å². The summed E-state index contributed by atoms with van der Waals surface area (Å²) in [6.07, 6.45) is 1.50. The number of nitrogens with zero attached hydrogens (tertiary/aromatic N) is 5. The molecule has 0 spiro atoms. The van der Waals surface area contributed by atoms with Crippen LogP contribution in [0, 0.1) is 6.92 Å². The molecule has 6 nitrogen and oxygen atoms in total. The minimum Gasteiger partial charge on any atom is -0.384 e. The number of rotatable bonds is 2.